The molecule has 0 radical (unpaired) electrons. The minimum absolute atomic E-state index is 0.750. The highest BCUT2D eigenvalue weighted by Gasteiger charge is 2.03. The van der Waals surface area contributed by atoms with Crippen molar-refractivity contribution in [3.8, 4) is 0 Å². The molecule has 19 heavy (non-hydrogen) atoms. The second-order valence-corrected chi connectivity index (χ2v) is 5.72. The van der Waals surface area contributed by atoms with Crippen LogP contribution in [-0.2, 0) is 0 Å². The zero-order valence-corrected chi connectivity index (χ0v) is 13.1. The Kier molecular flexibility index (Phi) is 7.57. The summed E-state index contributed by atoms with van der Waals surface area (Å²) in [6, 6.07) is 8.86. The van der Waals surface area contributed by atoms with Crippen LogP contribution in [0.1, 0.15) is 39.2 Å². The van der Waals surface area contributed by atoms with Crippen molar-refractivity contribution in [1.29, 1.82) is 0 Å². The van der Waals surface area contributed by atoms with Gasteiger partial charge < -0.3 is 10.2 Å². The summed E-state index contributed by atoms with van der Waals surface area (Å²) in [4.78, 5) is 2.46. The van der Waals surface area contributed by atoms with Crippen molar-refractivity contribution >= 4 is 5.69 Å². The maximum Gasteiger partial charge on any atom is 0.0366 e. The molecule has 0 unspecified atom stereocenters. The van der Waals surface area contributed by atoms with E-state index in [0.717, 1.165) is 32.1 Å². The largest absolute Gasteiger partial charge is 0.372 e. The number of unbranched alkanes of at least 4 members (excludes halogenated alkanes) is 1. The molecule has 0 fully saturated rings. The van der Waals surface area contributed by atoms with Crippen molar-refractivity contribution in [2.45, 2.75) is 40.5 Å². The van der Waals surface area contributed by atoms with Gasteiger partial charge in [-0.2, -0.15) is 0 Å². The summed E-state index contributed by atoms with van der Waals surface area (Å²) in [6.45, 7) is 13.4. The highest BCUT2D eigenvalue weighted by Crippen LogP contribution is 2.15. The molecule has 0 amide bonds. The standard InChI is InChI=1S/C17H30N2/c1-5-19(17-10-8-16(4)9-11-17)13-7-6-12-18-14-15(2)3/h8-11,15,18H,5-7,12-14H2,1-4H3. The molecule has 0 bridgehead atoms. The van der Waals surface area contributed by atoms with Crippen LogP contribution >= 0.6 is 0 Å². The summed E-state index contributed by atoms with van der Waals surface area (Å²) in [5.41, 5.74) is 2.68. The molecular formula is C17H30N2. The van der Waals surface area contributed by atoms with Gasteiger partial charge in [0.2, 0.25) is 0 Å². The summed E-state index contributed by atoms with van der Waals surface area (Å²) >= 11 is 0. The lowest BCUT2D eigenvalue weighted by atomic mass is 10.2. The van der Waals surface area contributed by atoms with Crippen LogP contribution in [0, 0.1) is 12.8 Å². The lowest BCUT2D eigenvalue weighted by Gasteiger charge is -2.23. The van der Waals surface area contributed by atoms with Gasteiger partial charge in [0, 0.05) is 18.8 Å². The molecule has 108 valence electrons. The molecule has 1 aromatic carbocycles. The van der Waals surface area contributed by atoms with Gasteiger partial charge in [-0.3, -0.25) is 0 Å². The summed E-state index contributed by atoms with van der Waals surface area (Å²) in [5.74, 6) is 0.750. The Bertz CT molecular complexity index is 330. The van der Waals surface area contributed by atoms with Gasteiger partial charge in [-0.15, -0.1) is 0 Å². The van der Waals surface area contributed by atoms with E-state index in [2.05, 4.69) is 62.2 Å². The molecule has 1 aromatic rings. The van der Waals surface area contributed by atoms with E-state index in [1.165, 1.54) is 24.1 Å². The molecule has 0 aliphatic heterocycles. The fourth-order valence-corrected chi connectivity index (χ4v) is 2.17. The van der Waals surface area contributed by atoms with Crippen LogP contribution in [0.3, 0.4) is 0 Å². The van der Waals surface area contributed by atoms with Crippen molar-refractivity contribution in [3.05, 3.63) is 29.8 Å². The van der Waals surface area contributed by atoms with E-state index in [4.69, 9.17) is 0 Å². The van der Waals surface area contributed by atoms with Crippen LogP contribution in [0.4, 0.5) is 5.69 Å². The smallest absolute Gasteiger partial charge is 0.0366 e. The first-order valence-electron chi connectivity index (χ1n) is 7.65. The number of nitrogens with zero attached hydrogens (tertiary/aromatic N) is 1. The number of benzene rings is 1. The van der Waals surface area contributed by atoms with Gasteiger partial charge in [0.15, 0.2) is 0 Å². The summed E-state index contributed by atoms with van der Waals surface area (Å²) < 4.78 is 0. The second-order valence-electron chi connectivity index (χ2n) is 5.72. The number of rotatable bonds is 9. The van der Waals surface area contributed by atoms with E-state index >= 15 is 0 Å². The molecule has 2 heteroatoms. The predicted octanol–water partition coefficient (Wildman–Crippen LogP) is 3.85. The van der Waals surface area contributed by atoms with E-state index in [0.29, 0.717) is 0 Å². The third-order valence-electron chi connectivity index (χ3n) is 3.37. The van der Waals surface area contributed by atoms with E-state index in [9.17, 15) is 0 Å². The average molecular weight is 262 g/mol. The zero-order valence-electron chi connectivity index (χ0n) is 13.1. The van der Waals surface area contributed by atoms with Gasteiger partial charge in [0.25, 0.3) is 0 Å². The van der Waals surface area contributed by atoms with Gasteiger partial charge >= 0.3 is 0 Å². The maximum atomic E-state index is 3.51. The average Bonchev–Trinajstić information content (AvgIpc) is 2.39. The van der Waals surface area contributed by atoms with Crippen molar-refractivity contribution in [3.63, 3.8) is 0 Å². The Labute approximate surface area is 119 Å². The zero-order chi connectivity index (χ0) is 14.1. The highest BCUT2D eigenvalue weighted by molar-refractivity contribution is 5.47. The first-order chi connectivity index (χ1) is 9.13. The summed E-state index contributed by atoms with van der Waals surface area (Å²) in [7, 11) is 0. The topological polar surface area (TPSA) is 15.3 Å². The number of nitrogens with one attached hydrogen (secondary N) is 1. The van der Waals surface area contributed by atoms with Crippen molar-refractivity contribution in [1.82, 2.24) is 5.32 Å². The molecule has 1 N–H and O–H groups in total. The number of hydrogen-bond acceptors (Lipinski definition) is 2. The second kappa shape index (κ2) is 8.98. The Hall–Kier alpha value is -1.02. The van der Waals surface area contributed by atoms with Crippen LogP contribution in [0.2, 0.25) is 0 Å². The first-order valence-corrected chi connectivity index (χ1v) is 7.65. The van der Waals surface area contributed by atoms with E-state index in [1.807, 2.05) is 0 Å². The molecule has 0 heterocycles. The van der Waals surface area contributed by atoms with Crippen LogP contribution in [0.25, 0.3) is 0 Å². The summed E-state index contributed by atoms with van der Waals surface area (Å²) in [6.07, 6.45) is 2.52. The molecular weight excluding hydrogens is 232 g/mol. The normalized spacial score (nSPS) is 11.0. The van der Waals surface area contributed by atoms with E-state index < -0.39 is 0 Å². The SMILES string of the molecule is CCN(CCCCNCC(C)C)c1ccc(C)cc1. The number of anilines is 1. The maximum absolute atomic E-state index is 3.51. The number of hydrogen-bond donors (Lipinski definition) is 1. The van der Waals surface area contributed by atoms with Gasteiger partial charge in [-0.05, 0) is 57.8 Å². The molecule has 0 aliphatic rings. The van der Waals surface area contributed by atoms with E-state index in [-0.39, 0.29) is 0 Å². The predicted molar refractivity (Wildman–Crippen MR) is 86.0 cm³/mol. The van der Waals surface area contributed by atoms with E-state index in [1.54, 1.807) is 0 Å². The Morgan fingerprint density at radius 1 is 1.11 bits per heavy atom. The van der Waals surface area contributed by atoms with Crippen molar-refractivity contribution in [2.75, 3.05) is 31.1 Å². The lowest BCUT2D eigenvalue weighted by Crippen LogP contribution is -2.25. The Morgan fingerprint density at radius 2 is 1.79 bits per heavy atom. The molecule has 0 saturated heterocycles. The summed E-state index contributed by atoms with van der Waals surface area (Å²) in [5, 5.41) is 3.51. The third-order valence-corrected chi connectivity index (χ3v) is 3.37. The van der Waals surface area contributed by atoms with Crippen LogP contribution < -0.4 is 10.2 Å². The van der Waals surface area contributed by atoms with Gasteiger partial charge in [0.1, 0.15) is 0 Å². The molecule has 0 saturated carbocycles. The minimum atomic E-state index is 0.750. The fourth-order valence-electron chi connectivity index (χ4n) is 2.17. The minimum Gasteiger partial charge on any atom is -0.372 e. The quantitative estimate of drug-likeness (QED) is 0.680. The van der Waals surface area contributed by atoms with Crippen LogP contribution in [0.5, 0.6) is 0 Å². The first kappa shape index (κ1) is 16.0. The van der Waals surface area contributed by atoms with Gasteiger partial charge in [-0.1, -0.05) is 31.5 Å². The molecule has 0 aliphatic carbocycles. The van der Waals surface area contributed by atoms with Crippen LogP contribution in [-0.4, -0.2) is 26.2 Å². The highest BCUT2D eigenvalue weighted by atomic mass is 15.1. The molecule has 0 atom stereocenters. The molecule has 1 rings (SSSR count). The Morgan fingerprint density at radius 3 is 2.37 bits per heavy atom. The van der Waals surface area contributed by atoms with Crippen LogP contribution in [0.15, 0.2) is 24.3 Å². The molecule has 0 aromatic heterocycles. The Balaban J connectivity index is 2.24. The molecule has 0 spiro atoms. The third kappa shape index (κ3) is 6.63. The fraction of sp³-hybridized carbons (Fsp3) is 0.647. The van der Waals surface area contributed by atoms with Crippen molar-refractivity contribution < 1.29 is 0 Å². The number of aryl methyl sites for hydroxylation is 1. The lowest BCUT2D eigenvalue weighted by molar-refractivity contribution is 0.534. The van der Waals surface area contributed by atoms with Gasteiger partial charge in [0.05, 0.1) is 0 Å². The monoisotopic (exact) mass is 262 g/mol. The molecule has 2 nitrogen and oxygen atoms in total. The van der Waals surface area contributed by atoms with Crippen molar-refractivity contribution in [2.24, 2.45) is 5.92 Å². The van der Waals surface area contributed by atoms with Gasteiger partial charge in [-0.25, -0.2) is 0 Å².